The van der Waals surface area contributed by atoms with E-state index in [-0.39, 0.29) is 29.9 Å². The quantitative estimate of drug-likeness (QED) is 0.357. The highest BCUT2D eigenvalue weighted by atomic mass is 32.1. The maximum absolute atomic E-state index is 14.1. The molecular weight excluding hydrogens is 481 g/mol. The lowest BCUT2D eigenvalue weighted by atomic mass is 10.1. The Balaban J connectivity index is 1.26. The molecular formula is C27H24FN3O4S. The molecule has 9 heteroatoms. The minimum absolute atomic E-state index is 0.0931. The van der Waals surface area contributed by atoms with Crippen molar-refractivity contribution < 1.29 is 23.5 Å². The Morgan fingerprint density at radius 2 is 1.94 bits per heavy atom. The van der Waals surface area contributed by atoms with Gasteiger partial charge in [-0.3, -0.25) is 14.5 Å². The van der Waals surface area contributed by atoms with Crippen LogP contribution in [0.4, 0.5) is 4.39 Å². The molecule has 1 saturated heterocycles. The Bertz CT molecular complexity index is 1450. The molecule has 1 amide bonds. The van der Waals surface area contributed by atoms with E-state index in [2.05, 4.69) is 15.2 Å². The monoisotopic (exact) mass is 505 g/mol. The summed E-state index contributed by atoms with van der Waals surface area (Å²) in [4.78, 5) is 32.1. The van der Waals surface area contributed by atoms with Gasteiger partial charge in [-0.05, 0) is 43.4 Å². The molecule has 0 aliphatic carbocycles. The van der Waals surface area contributed by atoms with E-state index in [1.165, 1.54) is 24.5 Å². The summed E-state index contributed by atoms with van der Waals surface area (Å²) in [6, 6.07) is 14.9. The van der Waals surface area contributed by atoms with Crippen molar-refractivity contribution in [2.24, 2.45) is 0 Å². The standard InChI is InChI=1S/C27H24FN3O4S/c1-31-13-17(14-31)35-24-10-9-16(11-25(24)34-2)27(33)29-12-23(32)22-8-4-7-21(30-22)19-15-36-26-18(19)5-3-6-20(26)28/h3-11,15,17H,12-14H2,1-2H3,(H,29,33). The number of ether oxygens (including phenoxy) is 2. The average Bonchev–Trinajstić information content (AvgIpc) is 3.32. The van der Waals surface area contributed by atoms with Crippen molar-refractivity contribution in [3.8, 4) is 22.8 Å². The Morgan fingerprint density at radius 1 is 1.14 bits per heavy atom. The number of Topliss-reactive ketones (excluding diaryl/α,β-unsaturated/α-hetero) is 1. The van der Waals surface area contributed by atoms with Crippen LogP contribution < -0.4 is 14.8 Å². The molecule has 2 aromatic carbocycles. The fourth-order valence-corrected chi connectivity index (χ4v) is 5.08. The van der Waals surface area contributed by atoms with Gasteiger partial charge in [0.25, 0.3) is 5.91 Å². The number of hydrogen-bond donors (Lipinski definition) is 1. The van der Waals surface area contributed by atoms with Crippen LogP contribution in [0, 0.1) is 5.82 Å². The smallest absolute Gasteiger partial charge is 0.251 e. The topological polar surface area (TPSA) is 80.8 Å². The van der Waals surface area contributed by atoms with Gasteiger partial charge >= 0.3 is 0 Å². The number of amides is 1. The minimum Gasteiger partial charge on any atom is -0.493 e. The van der Waals surface area contributed by atoms with Gasteiger partial charge in [-0.25, -0.2) is 9.37 Å². The van der Waals surface area contributed by atoms with Crippen molar-refractivity contribution in [2.75, 3.05) is 33.8 Å². The largest absolute Gasteiger partial charge is 0.493 e. The summed E-state index contributed by atoms with van der Waals surface area (Å²) in [7, 11) is 3.53. The molecule has 0 spiro atoms. The zero-order valence-electron chi connectivity index (χ0n) is 19.8. The van der Waals surface area contributed by atoms with Crippen LogP contribution in [0.25, 0.3) is 21.3 Å². The first-order valence-corrected chi connectivity index (χ1v) is 12.3. The van der Waals surface area contributed by atoms with E-state index in [1.807, 2.05) is 18.5 Å². The molecule has 7 nitrogen and oxygen atoms in total. The van der Waals surface area contributed by atoms with Gasteiger partial charge in [0.15, 0.2) is 17.3 Å². The molecule has 1 fully saturated rings. The first kappa shape index (κ1) is 23.9. The summed E-state index contributed by atoms with van der Waals surface area (Å²) in [5.41, 5.74) is 1.90. The van der Waals surface area contributed by atoms with E-state index in [1.54, 1.807) is 42.5 Å². The number of benzene rings is 2. The predicted octanol–water partition coefficient (Wildman–Crippen LogP) is 4.42. The van der Waals surface area contributed by atoms with Crippen LogP contribution in [0.5, 0.6) is 11.5 Å². The van der Waals surface area contributed by atoms with Gasteiger partial charge in [0.1, 0.15) is 17.6 Å². The molecule has 0 bridgehead atoms. The highest BCUT2D eigenvalue weighted by Gasteiger charge is 2.26. The fourth-order valence-electron chi connectivity index (χ4n) is 4.12. The van der Waals surface area contributed by atoms with E-state index in [0.717, 1.165) is 24.0 Å². The summed E-state index contributed by atoms with van der Waals surface area (Å²) in [5.74, 6) is -0.00284. The molecule has 0 radical (unpaired) electrons. The maximum Gasteiger partial charge on any atom is 0.251 e. The molecule has 0 atom stereocenters. The summed E-state index contributed by atoms with van der Waals surface area (Å²) >= 11 is 1.29. The molecule has 4 aromatic rings. The van der Waals surface area contributed by atoms with Crippen molar-refractivity contribution in [2.45, 2.75) is 6.10 Å². The predicted molar refractivity (Wildman–Crippen MR) is 137 cm³/mol. The summed E-state index contributed by atoms with van der Waals surface area (Å²) in [5, 5.41) is 5.23. The van der Waals surface area contributed by atoms with Crippen molar-refractivity contribution >= 4 is 33.1 Å². The lowest BCUT2D eigenvalue weighted by molar-refractivity contribution is 0.0369. The number of hydrogen-bond acceptors (Lipinski definition) is 7. The third-order valence-corrected chi connectivity index (χ3v) is 7.03. The Kier molecular flexibility index (Phi) is 6.67. The van der Waals surface area contributed by atoms with Gasteiger partial charge < -0.3 is 14.8 Å². The highest BCUT2D eigenvalue weighted by molar-refractivity contribution is 7.17. The second-order valence-corrected chi connectivity index (χ2v) is 9.49. The van der Waals surface area contributed by atoms with E-state index < -0.39 is 5.91 Å². The van der Waals surface area contributed by atoms with Crippen LogP contribution in [-0.2, 0) is 0 Å². The molecule has 0 saturated carbocycles. The number of fused-ring (bicyclic) bond motifs is 1. The van der Waals surface area contributed by atoms with Gasteiger partial charge in [0.2, 0.25) is 0 Å². The first-order chi connectivity index (χ1) is 17.4. The normalized spacial score (nSPS) is 13.9. The second-order valence-electron chi connectivity index (χ2n) is 8.61. The number of carbonyl (C=O) groups is 2. The van der Waals surface area contributed by atoms with Crippen LogP contribution in [0.3, 0.4) is 0 Å². The van der Waals surface area contributed by atoms with Crippen LogP contribution in [0.15, 0.2) is 60.0 Å². The summed E-state index contributed by atoms with van der Waals surface area (Å²) in [6.07, 6.45) is 0.0931. The lowest BCUT2D eigenvalue weighted by Gasteiger charge is -2.36. The molecule has 3 heterocycles. The maximum atomic E-state index is 14.1. The van der Waals surface area contributed by atoms with E-state index >= 15 is 0 Å². The molecule has 2 aromatic heterocycles. The van der Waals surface area contributed by atoms with Gasteiger partial charge in [-0.1, -0.05) is 18.2 Å². The molecule has 184 valence electrons. The molecule has 1 N–H and O–H groups in total. The number of rotatable bonds is 8. The lowest BCUT2D eigenvalue weighted by Crippen LogP contribution is -2.51. The Labute approximate surface area is 211 Å². The number of halogens is 1. The van der Waals surface area contributed by atoms with Crippen molar-refractivity contribution in [1.29, 1.82) is 0 Å². The third kappa shape index (κ3) is 4.80. The third-order valence-electron chi connectivity index (χ3n) is 6.02. The van der Waals surface area contributed by atoms with Crippen molar-refractivity contribution in [3.05, 3.63) is 77.1 Å². The first-order valence-electron chi connectivity index (χ1n) is 11.4. The number of likely N-dealkylation sites (N-methyl/N-ethyl adjacent to an activating group) is 1. The van der Waals surface area contributed by atoms with Crippen LogP contribution in [0.1, 0.15) is 20.8 Å². The fraction of sp³-hybridized carbons (Fsp3) is 0.222. The van der Waals surface area contributed by atoms with E-state index in [9.17, 15) is 14.0 Å². The second kappa shape index (κ2) is 10.0. The number of methoxy groups -OCH3 is 1. The molecule has 0 unspecified atom stereocenters. The van der Waals surface area contributed by atoms with Crippen LogP contribution >= 0.6 is 11.3 Å². The minimum atomic E-state index is -0.410. The number of pyridine rings is 1. The number of thiophene rings is 1. The van der Waals surface area contributed by atoms with Gasteiger partial charge in [-0.2, -0.15) is 0 Å². The van der Waals surface area contributed by atoms with E-state index in [4.69, 9.17) is 9.47 Å². The van der Waals surface area contributed by atoms with Gasteiger partial charge in [-0.15, -0.1) is 11.3 Å². The number of ketones is 1. The van der Waals surface area contributed by atoms with Crippen molar-refractivity contribution in [1.82, 2.24) is 15.2 Å². The molecule has 1 aliphatic rings. The SMILES string of the molecule is COc1cc(C(=O)NCC(=O)c2cccc(-c3csc4c(F)cccc34)n2)ccc1OC1CN(C)C1. The Morgan fingerprint density at radius 3 is 2.72 bits per heavy atom. The number of carbonyl (C=O) groups excluding carboxylic acids is 2. The molecule has 1 aliphatic heterocycles. The van der Waals surface area contributed by atoms with Crippen LogP contribution in [0.2, 0.25) is 0 Å². The molecule has 5 rings (SSSR count). The van der Waals surface area contributed by atoms with Gasteiger partial charge in [0, 0.05) is 35.0 Å². The zero-order chi connectivity index (χ0) is 25.2. The number of aromatic nitrogens is 1. The number of likely N-dealkylation sites (tertiary alicyclic amines) is 1. The number of nitrogens with one attached hydrogen (secondary N) is 1. The van der Waals surface area contributed by atoms with Crippen LogP contribution in [-0.4, -0.2) is 61.5 Å². The van der Waals surface area contributed by atoms with Crippen molar-refractivity contribution in [3.63, 3.8) is 0 Å². The average molecular weight is 506 g/mol. The number of nitrogens with zero attached hydrogens (tertiary/aromatic N) is 2. The zero-order valence-corrected chi connectivity index (χ0v) is 20.6. The summed E-state index contributed by atoms with van der Waals surface area (Å²) < 4.78 is 25.9. The van der Waals surface area contributed by atoms with E-state index in [0.29, 0.717) is 27.5 Å². The van der Waals surface area contributed by atoms with Gasteiger partial charge in [0.05, 0.1) is 24.0 Å². The molecule has 36 heavy (non-hydrogen) atoms. The highest BCUT2D eigenvalue weighted by Crippen LogP contribution is 2.34. The summed E-state index contributed by atoms with van der Waals surface area (Å²) in [6.45, 7) is 1.45. The Hall–Kier alpha value is -3.82.